The monoisotopic (exact) mass is 258 g/mol. The first-order valence-electron chi connectivity index (χ1n) is 4.64. The molecule has 1 N–H and O–H groups in total. The molecule has 15 heavy (non-hydrogen) atoms. The SMILES string of the molecule is CNCCc1ncc(-c2ccc(Cl)s2)s1. The molecule has 0 radical (unpaired) electrons. The van der Waals surface area contributed by atoms with Crippen molar-refractivity contribution in [1.82, 2.24) is 10.3 Å². The molecule has 2 rings (SSSR count). The molecule has 0 fully saturated rings. The summed E-state index contributed by atoms with van der Waals surface area (Å²) in [5.41, 5.74) is 0. The van der Waals surface area contributed by atoms with E-state index >= 15 is 0 Å². The van der Waals surface area contributed by atoms with Crippen molar-refractivity contribution in [3.05, 3.63) is 27.7 Å². The third-order valence-electron chi connectivity index (χ3n) is 1.96. The summed E-state index contributed by atoms with van der Waals surface area (Å²) < 4.78 is 0.829. The van der Waals surface area contributed by atoms with Gasteiger partial charge in [0.15, 0.2) is 0 Å². The van der Waals surface area contributed by atoms with Gasteiger partial charge in [-0.3, -0.25) is 0 Å². The zero-order chi connectivity index (χ0) is 10.7. The lowest BCUT2D eigenvalue weighted by Gasteiger charge is -1.92. The number of likely N-dealkylation sites (N-methyl/N-ethyl adjacent to an activating group) is 1. The number of nitrogens with one attached hydrogen (secondary N) is 1. The largest absolute Gasteiger partial charge is 0.319 e. The number of thiophene rings is 1. The first kappa shape index (κ1) is 11.1. The van der Waals surface area contributed by atoms with E-state index in [0.717, 1.165) is 17.3 Å². The van der Waals surface area contributed by atoms with Gasteiger partial charge in [-0.05, 0) is 19.2 Å². The summed E-state index contributed by atoms with van der Waals surface area (Å²) in [5, 5.41) is 4.29. The summed E-state index contributed by atoms with van der Waals surface area (Å²) in [6.07, 6.45) is 2.91. The molecule has 0 unspecified atom stereocenters. The second-order valence-corrected chi connectivity index (χ2v) is 5.91. The molecule has 0 aliphatic rings. The number of nitrogens with zero attached hydrogens (tertiary/aromatic N) is 1. The minimum absolute atomic E-state index is 0.829. The van der Waals surface area contributed by atoms with Crippen LogP contribution in [0.25, 0.3) is 9.75 Å². The second kappa shape index (κ2) is 5.07. The zero-order valence-corrected chi connectivity index (χ0v) is 10.7. The Morgan fingerprint density at radius 2 is 2.20 bits per heavy atom. The van der Waals surface area contributed by atoms with Gasteiger partial charge in [-0.2, -0.15) is 0 Å². The van der Waals surface area contributed by atoms with E-state index in [1.165, 1.54) is 14.8 Å². The number of hydrogen-bond acceptors (Lipinski definition) is 4. The summed E-state index contributed by atoms with van der Waals surface area (Å²) >= 11 is 9.23. The summed E-state index contributed by atoms with van der Waals surface area (Å²) in [5.74, 6) is 0. The minimum Gasteiger partial charge on any atom is -0.319 e. The molecule has 0 aliphatic heterocycles. The molecule has 0 atom stereocenters. The average molecular weight is 259 g/mol. The van der Waals surface area contributed by atoms with E-state index in [1.54, 1.807) is 22.7 Å². The molecule has 2 aromatic rings. The van der Waals surface area contributed by atoms with E-state index < -0.39 is 0 Å². The summed E-state index contributed by atoms with van der Waals surface area (Å²) in [7, 11) is 1.95. The van der Waals surface area contributed by atoms with Crippen molar-refractivity contribution < 1.29 is 0 Å². The van der Waals surface area contributed by atoms with Crippen molar-refractivity contribution >= 4 is 34.3 Å². The lowest BCUT2D eigenvalue weighted by atomic mass is 10.4. The van der Waals surface area contributed by atoms with E-state index in [0.29, 0.717) is 0 Å². The van der Waals surface area contributed by atoms with Crippen LogP contribution >= 0.6 is 34.3 Å². The van der Waals surface area contributed by atoms with Crippen molar-refractivity contribution in [3.8, 4) is 9.75 Å². The maximum atomic E-state index is 5.89. The molecule has 0 aliphatic carbocycles. The van der Waals surface area contributed by atoms with Gasteiger partial charge < -0.3 is 5.32 Å². The van der Waals surface area contributed by atoms with Crippen molar-refractivity contribution in [3.63, 3.8) is 0 Å². The minimum atomic E-state index is 0.829. The average Bonchev–Trinajstić information content (AvgIpc) is 2.83. The Balaban J connectivity index is 2.13. The van der Waals surface area contributed by atoms with Crippen molar-refractivity contribution in [2.75, 3.05) is 13.6 Å². The summed E-state index contributed by atoms with van der Waals surface area (Å²) in [4.78, 5) is 6.79. The Morgan fingerprint density at radius 1 is 1.33 bits per heavy atom. The molecular weight excluding hydrogens is 248 g/mol. The lowest BCUT2D eigenvalue weighted by molar-refractivity contribution is 0.787. The van der Waals surface area contributed by atoms with Gasteiger partial charge in [0.1, 0.15) is 0 Å². The molecule has 0 bridgehead atoms. The van der Waals surface area contributed by atoms with Crippen LogP contribution in [-0.2, 0) is 6.42 Å². The second-order valence-electron chi connectivity index (χ2n) is 3.08. The predicted octanol–water partition coefficient (Wildman–Crippen LogP) is 3.29. The van der Waals surface area contributed by atoms with Crippen LogP contribution in [-0.4, -0.2) is 18.6 Å². The van der Waals surface area contributed by atoms with Crippen LogP contribution < -0.4 is 5.32 Å². The Kier molecular flexibility index (Phi) is 3.75. The van der Waals surface area contributed by atoms with Crippen LogP contribution in [0.15, 0.2) is 18.3 Å². The molecular formula is C10H11ClN2S2. The number of rotatable bonds is 4. The topological polar surface area (TPSA) is 24.9 Å². The molecule has 0 spiro atoms. The molecule has 80 valence electrons. The fourth-order valence-corrected chi connectivity index (χ4v) is 3.25. The Hall–Kier alpha value is -0.420. The number of halogens is 1. The highest BCUT2D eigenvalue weighted by atomic mass is 35.5. The molecule has 2 nitrogen and oxygen atoms in total. The quantitative estimate of drug-likeness (QED) is 0.910. The van der Waals surface area contributed by atoms with Crippen LogP contribution in [0.1, 0.15) is 5.01 Å². The van der Waals surface area contributed by atoms with Crippen molar-refractivity contribution in [2.45, 2.75) is 6.42 Å². The van der Waals surface area contributed by atoms with E-state index in [4.69, 9.17) is 11.6 Å². The van der Waals surface area contributed by atoms with Gasteiger partial charge in [-0.15, -0.1) is 22.7 Å². The van der Waals surface area contributed by atoms with Crippen molar-refractivity contribution in [2.24, 2.45) is 0 Å². The number of aromatic nitrogens is 1. The fourth-order valence-electron chi connectivity index (χ4n) is 1.22. The summed E-state index contributed by atoms with van der Waals surface area (Å²) in [6, 6.07) is 3.97. The van der Waals surface area contributed by atoms with Crippen LogP contribution in [0, 0.1) is 0 Å². The van der Waals surface area contributed by atoms with E-state index in [1.807, 2.05) is 25.4 Å². The first-order valence-corrected chi connectivity index (χ1v) is 6.65. The normalized spacial score (nSPS) is 10.8. The van der Waals surface area contributed by atoms with Crippen molar-refractivity contribution in [1.29, 1.82) is 0 Å². The molecule has 0 aromatic carbocycles. The van der Waals surface area contributed by atoms with Gasteiger partial charge in [0.2, 0.25) is 0 Å². The molecule has 0 saturated heterocycles. The highest BCUT2D eigenvalue weighted by molar-refractivity contribution is 7.24. The van der Waals surface area contributed by atoms with Gasteiger partial charge in [0.05, 0.1) is 14.2 Å². The predicted molar refractivity (Wildman–Crippen MR) is 68.1 cm³/mol. The van der Waals surface area contributed by atoms with Crippen LogP contribution in [0.3, 0.4) is 0 Å². The van der Waals surface area contributed by atoms with Gasteiger partial charge in [-0.25, -0.2) is 4.98 Å². The van der Waals surface area contributed by atoms with Gasteiger partial charge >= 0.3 is 0 Å². The Bertz CT molecular complexity index is 436. The first-order chi connectivity index (χ1) is 7.29. The highest BCUT2D eigenvalue weighted by Crippen LogP contribution is 2.34. The third kappa shape index (κ3) is 2.78. The van der Waals surface area contributed by atoms with Gasteiger partial charge in [-0.1, -0.05) is 11.6 Å². The maximum absolute atomic E-state index is 5.89. The standard InChI is InChI=1S/C10H11ClN2S2/c1-12-5-4-10-13-6-8(15-10)7-2-3-9(11)14-7/h2-3,6,12H,4-5H2,1H3. The molecule has 0 saturated carbocycles. The zero-order valence-electron chi connectivity index (χ0n) is 8.29. The highest BCUT2D eigenvalue weighted by Gasteiger charge is 2.06. The Labute approximate surface area is 102 Å². The smallest absolute Gasteiger partial charge is 0.0944 e. The lowest BCUT2D eigenvalue weighted by Crippen LogP contribution is -2.09. The molecule has 2 heterocycles. The maximum Gasteiger partial charge on any atom is 0.0944 e. The molecule has 2 aromatic heterocycles. The van der Waals surface area contributed by atoms with Gasteiger partial charge in [0.25, 0.3) is 0 Å². The molecule has 5 heteroatoms. The number of thiazole rings is 1. The van der Waals surface area contributed by atoms with E-state index in [2.05, 4.69) is 10.3 Å². The van der Waals surface area contributed by atoms with Crippen LogP contribution in [0.4, 0.5) is 0 Å². The van der Waals surface area contributed by atoms with E-state index in [9.17, 15) is 0 Å². The Morgan fingerprint density at radius 3 is 2.87 bits per heavy atom. The van der Waals surface area contributed by atoms with E-state index in [-0.39, 0.29) is 0 Å². The number of hydrogen-bond donors (Lipinski definition) is 1. The third-order valence-corrected chi connectivity index (χ3v) is 4.44. The fraction of sp³-hybridized carbons (Fsp3) is 0.300. The van der Waals surface area contributed by atoms with Crippen LogP contribution in [0.5, 0.6) is 0 Å². The van der Waals surface area contributed by atoms with Crippen LogP contribution in [0.2, 0.25) is 4.34 Å². The summed E-state index contributed by atoms with van der Waals surface area (Å²) in [6.45, 7) is 0.970. The molecule has 0 amide bonds. The van der Waals surface area contributed by atoms with Gasteiger partial charge in [0, 0.05) is 24.0 Å².